The van der Waals surface area contributed by atoms with Gasteiger partial charge in [0.25, 0.3) is 5.91 Å². The predicted octanol–water partition coefficient (Wildman–Crippen LogP) is 3.91. The number of hydrogen-bond donors (Lipinski definition) is 3. The highest BCUT2D eigenvalue weighted by Gasteiger charge is 2.40. The minimum absolute atomic E-state index is 0.00437. The molecule has 1 heterocycles. The Balaban J connectivity index is 1.49. The lowest BCUT2D eigenvalue weighted by molar-refractivity contribution is -0.131. The second kappa shape index (κ2) is 8.37. The molecule has 32 heavy (non-hydrogen) atoms. The van der Waals surface area contributed by atoms with E-state index in [0.717, 1.165) is 18.4 Å². The van der Waals surface area contributed by atoms with E-state index >= 15 is 0 Å². The van der Waals surface area contributed by atoms with Gasteiger partial charge in [-0.1, -0.05) is 38.1 Å². The maximum Gasteiger partial charge on any atom is 0.251 e. The lowest BCUT2D eigenvalue weighted by atomic mass is 9.83. The van der Waals surface area contributed by atoms with Crippen molar-refractivity contribution in [3.63, 3.8) is 0 Å². The van der Waals surface area contributed by atoms with E-state index in [1.54, 1.807) is 6.07 Å². The van der Waals surface area contributed by atoms with Gasteiger partial charge in [0, 0.05) is 11.1 Å². The predicted molar refractivity (Wildman–Crippen MR) is 121 cm³/mol. The zero-order valence-electron chi connectivity index (χ0n) is 18.7. The zero-order chi connectivity index (χ0) is 23.0. The summed E-state index contributed by atoms with van der Waals surface area (Å²) in [5, 5.41) is 14.4. The Labute approximate surface area is 187 Å². The number of fused-ring (bicyclic) bond motifs is 1. The van der Waals surface area contributed by atoms with Crippen LogP contribution in [-0.2, 0) is 17.8 Å². The molecule has 1 aliphatic heterocycles. The lowest BCUT2D eigenvalue weighted by Crippen LogP contribution is -2.62. The number of carbonyl (C=O) groups is 2. The summed E-state index contributed by atoms with van der Waals surface area (Å²) in [5.74, 6) is -0.925. The molecule has 1 saturated heterocycles. The van der Waals surface area contributed by atoms with E-state index in [0.29, 0.717) is 5.56 Å². The number of nitrogens with zero attached hydrogens (tertiary/aromatic N) is 1. The number of amides is 2. The third-order valence-electron chi connectivity index (χ3n) is 6.77. The molecule has 2 aliphatic rings. The summed E-state index contributed by atoms with van der Waals surface area (Å²) < 4.78 is 14.4. The molecule has 0 saturated carbocycles. The molecule has 6 nitrogen and oxygen atoms in total. The maximum absolute atomic E-state index is 14.4. The topological polar surface area (TPSA) is 85.3 Å². The Morgan fingerprint density at radius 3 is 2.78 bits per heavy atom. The first kappa shape index (κ1) is 22.0. The Morgan fingerprint density at radius 2 is 2.06 bits per heavy atom. The van der Waals surface area contributed by atoms with Crippen molar-refractivity contribution >= 4 is 17.8 Å². The van der Waals surface area contributed by atoms with Crippen molar-refractivity contribution in [1.82, 2.24) is 15.5 Å². The van der Waals surface area contributed by atoms with Crippen molar-refractivity contribution < 1.29 is 14.0 Å². The van der Waals surface area contributed by atoms with Crippen LogP contribution in [0.3, 0.4) is 0 Å². The number of carbonyl (C=O) groups excluding carboxylic acids is 2. The molecule has 0 spiro atoms. The molecule has 0 aromatic heterocycles. The molecular weight excluding hydrogens is 407 g/mol. The van der Waals surface area contributed by atoms with E-state index in [-0.39, 0.29) is 48.3 Å². The number of rotatable bonds is 5. The van der Waals surface area contributed by atoms with Crippen molar-refractivity contribution in [3.8, 4) is 0 Å². The van der Waals surface area contributed by atoms with Crippen LogP contribution in [0, 0.1) is 17.1 Å². The SMILES string of the molecule is CC(C)[C@]1(C)CC(=O)N(Cc2cc(F)cc(C(=O)N[C@H]3CCc4ccccc43)c2)C(=N)N1. The third kappa shape index (κ3) is 4.24. The Hall–Kier alpha value is -3.22. The van der Waals surface area contributed by atoms with E-state index in [1.165, 1.54) is 22.6 Å². The largest absolute Gasteiger partial charge is 0.350 e. The molecule has 168 valence electrons. The van der Waals surface area contributed by atoms with Gasteiger partial charge in [-0.3, -0.25) is 19.9 Å². The molecule has 4 rings (SSSR count). The molecular formula is C25H29FN4O2. The lowest BCUT2D eigenvalue weighted by Gasteiger charge is -2.43. The van der Waals surface area contributed by atoms with Crippen molar-refractivity contribution in [1.29, 1.82) is 5.41 Å². The maximum atomic E-state index is 14.4. The van der Waals surface area contributed by atoms with Gasteiger partial charge in [-0.05, 0) is 60.6 Å². The zero-order valence-corrected chi connectivity index (χ0v) is 18.7. The van der Waals surface area contributed by atoms with Crippen molar-refractivity contribution in [2.75, 3.05) is 0 Å². The third-order valence-corrected chi connectivity index (χ3v) is 6.77. The van der Waals surface area contributed by atoms with E-state index in [1.807, 2.05) is 39.0 Å². The van der Waals surface area contributed by atoms with Crippen molar-refractivity contribution in [2.24, 2.45) is 5.92 Å². The molecule has 2 aromatic rings. The molecule has 0 bridgehead atoms. The minimum Gasteiger partial charge on any atom is -0.350 e. The number of benzene rings is 2. The van der Waals surface area contributed by atoms with Gasteiger partial charge in [0.15, 0.2) is 5.96 Å². The van der Waals surface area contributed by atoms with Gasteiger partial charge in [-0.15, -0.1) is 0 Å². The van der Waals surface area contributed by atoms with Crippen LogP contribution in [0.5, 0.6) is 0 Å². The highest BCUT2D eigenvalue weighted by Crippen LogP contribution is 2.31. The number of aryl methyl sites for hydroxylation is 1. The van der Waals surface area contributed by atoms with Crippen LogP contribution in [-0.4, -0.2) is 28.2 Å². The molecule has 1 aliphatic carbocycles. The van der Waals surface area contributed by atoms with Crippen LogP contribution in [0.25, 0.3) is 0 Å². The first-order valence-corrected chi connectivity index (χ1v) is 11.0. The van der Waals surface area contributed by atoms with Crippen LogP contribution in [0.15, 0.2) is 42.5 Å². The number of hydrogen-bond acceptors (Lipinski definition) is 3. The summed E-state index contributed by atoms with van der Waals surface area (Å²) in [6.07, 6.45) is 1.96. The van der Waals surface area contributed by atoms with Crippen LogP contribution >= 0.6 is 0 Å². The summed E-state index contributed by atoms with van der Waals surface area (Å²) in [6, 6.07) is 12.0. The highest BCUT2D eigenvalue weighted by molar-refractivity contribution is 5.99. The molecule has 7 heteroatoms. The first-order valence-electron chi connectivity index (χ1n) is 11.0. The van der Waals surface area contributed by atoms with Gasteiger partial charge in [-0.2, -0.15) is 0 Å². The highest BCUT2D eigenvalue weighted by atomic mass is 19.1. The van der Waals surface area contributed by atoms with Gasteiger partial charge in [0.05, 0.1) is 19.0 Å². The van der Waals surface area contributed by atoms with Gasteiger partial charge >= 0.3 is 0 Å². The van der Waals surface area contributed by atoms with Gasteiger partial charge < -0.3 is 10.6 Å². The summed E-state index contributed by atoms with van der Waals surface area (Å²) in [6.45, 7) is 5.96. The fourth-order valence-electron chi connectivity index (χ4n) is 4.44. The van der Waals surface area contributed by atoms with Crippen LogP contribution in [0.1, 0.15) is 66.7 Å². The van der Waals surface area contributed by atoms with Crippen LogP contribution in [0.4, 0.5) is 4.39 Å². The second-order valence-electron chi connectivity index (χ2n) is 9.31. The average molecular weight is 437 g/mol. The molecule has 1 fully saturated rings. The van der Waals surface area contributed by atoms with Gasteiger partial charge in [-0.25, -0.2) is 4.39 Å². The number of guanidine groups is 1. The Morgan fingerprint density at radius 1 is 1.31 bits per heavy atom. The van der Waals surface area contributed by atoms with E-state index in [4.69, 9.17) is 5.41 Å². The smallest absolute Gasteiger partial charge is 0.251 e. The monoisotopic (exact) mass is 436 g/mol. The molecule has 0 radical (unpaired) electrons. The van der Waals surface area contributed by atoms with Crippen molar-refractivity contribution in [2.45, 2.75) is 58.2 Å². The fraction of sp³-hybridized carbons (Fsp3) is 0.400. The van der Waals surface area contributed by atoms with Crippen molar-refractivity contribution in [3.05, 3.63) is 70.5 Å². The summed E-state index contributed by atoms with van der Waals surface area (Å²) >= 11 is 0. The fourth-order valence-corrected chi connectivity index (χ4v) is 4.44. The van der Waals surface area contributed by atoms with Gasteiger partial charge in [0.1, 0.15) is 5.82 Å². The first-order chi connectivity index (χ1) is 15.2. The second-order valence-corrected chi connectivity index (χ2v) is 9.31. The normalized spacial score (nSPS) is 22.7. The molecule has 3 N–H and O–H groups in total. The Kier molecular flexibility index (Phi) is 5.75. The minimum atomic E-state index is -0.546. The van der Waals surface area contributed by atoms with Crippen LogP contribution in [0.2, 0.25) is 0 Å². The summed E-state index contributed by atoms with van der Waals surface area (Å²) in [7, 11) is 0. The number of halogens is 1. The van der Waals surface area contributed by atoms with Gasteiger partial charge in [0.2, 0.25) is 5.91 Å². The molecule has 2 atom stereocenters. The quantitative estimate of drug-likeness (QED) is 0.664. The summed E-state index contributed by atoms with van der Waals surface area (Å²) in [4.78, 5) is 26.9. The van der Waals surface area contributed by atoms with Crippen LogP contribution < -0.4 is 10.6 Å². The molecule has 2 amide bonds. The Bertz CT molecular complexity index is 1060. The van der Waals surface area contributed by atoms with E-state index < -0.39 is 11.4 Å². The molecule has 2 aromatic carbocycles. The van der Waals surface area contributed by atoms with E-state index in [2.05, 4.69) is 16.7 Å². The summed E-state index contributed by atoms with van der Waals surface area (Å²) in [5.41, 5.74) is 2.51. The van der Waals surface area contributed by atoms with E-state index in [9.17, 15) is 14.0 Å². The standard InChI is InChI=1S/C25H29FN4O2/c1-15(2)25(3)13-22(31)30(24(27)29-25)14-16-10-18(12-19(26)11-16)23(32)28-21-9-8-17-6-4-5-7-20(17)21/h4-7,10-12,15,21H,8-9,13-14H2,1-3H3,(H2,27,29)(H,28,32)/t21-,25-/m0/s1. The molecule has 0 unspecified atom stereocenters. The average Bonchev–Trinajstić information content (AvgIpc) is 3.13. The number of nitrogens with one attached hydrogen (secondary N) is 3.